The molecular formula is C23H24O8. The fourth-order valence-corrected chi connectivity index (χ4v) is 3.52. The minimum Gasteiger partial charge on any atom is -0.459 e. The normalized spacial score (nSPS) is 26.3. The second kappa shape index (κ2) is 9.15. The summed E-state index contributed by atoms with van der Waals surface area (Å²) in [5, 5.41) is 0. The van der Waals surface area contributed by atoms with Crippen molar-refractivity contribution in [2.75, 3.05) is 13.4 Å². The summed E-state index contributed by atoms with van der Waals surface area (Å²) in [6, 6.07) is 17.3. The highest BCUT2D eigenvalue weighted by Crippen LogP contribution is 2.38. The van der Waals surface area contributed by atoms with E-state index in [9.17, 15) is 9.59 Å². The van der Waals surface area contributed by atoms with Gasteiger partial charge in [-0.25, -0.2) is 9.59 Å². The lowest BCUT2D eigenvalue weighted by molar-refractivity contribution is -0.226. The number of hydrogen-bond donors (Lipinski definition) is 0. The van der Waals surface area contributed by atoms with Crippen LogP contribution in [0, 0.1) is 0 Å². The maximum Gasteiger partial charge on any atom is 0.340 e. The van der Waals surface area contributed by atoms with E-state index in [1.165, 1.54) is 0 Å². The van der Waals surface area contributed by atoms with E-state index in [1.54, 1.807) is 62.4 Å². The first-order valence-electron chi connectivity index (χ1n) is 10.00. The molecule has 2 saturated heterocycles. The maximum absolute atomic E-state index is 12.3. The predicted molar refractivity (Wildman–Crippen MR) is 107 cm³/mol. The summed E-state index contributed by atoms with van der Waals surface area (Å²) < 4.78 is 33.9. The van der Waals surface area contributed by atoms with Crippen LogP contribution in [-0.4, -0.2) is 55.7 Å². The van der Waals surface area contributed by atoms with E-state index < -0.39 is 42.3 Å². The van der Waals surface area contributed by atoms with Gasteiger partial charge in [-0.2, -0.15) is 0 Å². The average molecular weight is 428 g/mol. The highest BCUT2D eigenvalue weighted by Gasteiger charge is 2.55. The Hall–Kier alpha value is -2.78. The van der Waals surface area contributed by atoms with Crippen LogP contribution in [-0.2, 0) is 28.4 Å². The van der Waals surface area contributed by atoms with Gasteiger partial charge in [-0.3, -0.25) is 0 Å². The van der Waals surface area contributed by atoms with Crippen molar-refractivity contribution in [3.8, 4) is 0 Å². The van der Waals surface area contributed by atoms with Crippen molar-refractivity contribution < 1.29 is 38.0 Å². The van der Waals surface area contributed by atoms with E-state index in [-0.39, 0.29) is 13.4 Å². The summed E-state index contributed by atoms with van der Waals surface area (Å²) in [5.41, 5.74) is 0.852. The first-order valence-corrected chi connectivity index (χ1v) is 10.00. The molecule has 0 spiro atoms. The zero-order chi connectivity index (χ0) is 21.8. The van der Waals surface area contributed by atoms with Crippen LogP contribution < -0.4 is 0 Å². The van der Waals surface area contributed by atoms with Crippen LogP contribution in [0.2, 0.25) is 0 Å². The molecule has 0 aliphatic carbocycles. The van der Waals surface area contributed by atoms with Crippen LogP contribution >= 0.6 is 0 Å². The lowest BCUT2D eigenvalue weighted by Gasteiger charge is -2.25. The third-order valence-electron chi connectivity index (χ3n) is 4.94. The van der Waals surface area contributed by atoms with E-state index in [4.69, 9.17) is 28.4 Å². The monoisotopic (exact) mass is 428 g/mol. The summed E-state index contributed by atoms with van der Waals surface area (Å²) in [7, 11) is 0. The Morgan fingerprint density at radius 2 is 1.45 bits per heavy atom. The smallest absolute Gasteiger partial charge is 0.340 e. The molecule has 4 rings (SSSR count). The number of carbonyl (C=O) groups excluding carboxylic acids is 2. The Morgan fingerprint density at radius 1 is 0.871 bits per heavy atom. The molecule has 0 unspecified atom stereocenters. The molecule has 8 heteroatoms. The third-order valence-corrected chi connectivity index (χ3v) is 4.94. The second-order valence-corrected chi connectivity index (χ2v) is 7.65. The largest absolute Gasteiger partial charge is 0.459 e. The molecular weight excluding hydrogens is 404 g/mol. The van der Waals surface area contributed by atoms with Gasteiger partial charge in [0.2, 0.25) is 0 Å². The highest BCUT2D eigenvalue weighted by molar-refractivity contribution is 5.89. The van der Waals surface area contributed by atoms with Crippen LogP contribution in [0.25, 0.3) is 0 Å². The molecule has 0 aromatic heterocycles. The Labute approximate surface area is 179 Å². The number of esters is 2. The number of hydrogen-bond acceptors (Lipinski definition) is 8. The van der Waals surface area contributed by atoms with Crippen LogP contribution in [0.3, 0.4) is 0 Å². The molecule has 4 atom stereocenters. The van der Waals surface area contributed by atoms with Gasteiger partial charge in [-0.1, -0.05) is 36.4 Å². The molecule has 2 fully saturated rings. The van der Waals surface area contributed by atoms with Crippen LogP contribution in [0.5, 0.6) is 0 Å². The number of benzene rings is 2. The fraction of sp³-hybridized carbons (Fsp3) is 0.391. The first kappa shape index (κ1) is 21.5. The van der Waals surface area contributed by atoms with Gasteiger partial charge in [0, 0.05) is 0 Å². The number of fused-ring (bicyclic) bond motifs is 1. The van der Waals surface area contributed by atoms with E-state index in [0.29, 0.717) is 11.1 Å². The molecule has 2 aliphatic heterocycles. The van der Waals surface area contributed by atoms with Crippen LogP contribution in [0.1, 0.15) is 34.6 Å². The van der Waals surface area contributed by atoms with Gasteiger partial charge in [0.1, 0.15) is 24.9 Å². The Morgan fingerprint density at radius 3 is 2.06 bits per heavy atom. The Balaban J connectivity index is 1.36. The molecule has 0 amide bonds. The van der Waals surface area contributed by atoms with Crippen LogP contribution in [0.4, 0.5) is 0 Å². The summed E-state index contributed by atoms with van der Waals surface area (Å²) in [6.07, 6.45) is -2.52. The summed E-state index contributed by atoms with van der Waals surface area (Å²) in [4.78, 5) is 24.4. The molecule has 0 radical (unpaired) electrons. The molecule has 0 bridgehead atoms. The van der Waals surface area contributed by atoms with E-state index in [1.807, 2.05) is 12.1 Å². The van der Waals surface area contributed by atoms with Crippen LogP contribution in [0.15, 0.2) is 60.7 Å². The molecule has 0 N–H and O–H groups in total. The van der Waals surface area contributed by atoms with E-state index >= 15 is 0 Å². The van der Waals surface area contributed by atoms with Crippen molar-refractivity contribution in [3.63, 3.8) is 0 Å². The lowest BCUT2D eigenvalue weighted by Crippen LogP contribution is -2.40. The van der Waals surface area contributed by atoms with Gasteiger partial charge in [-0.15, -0.1) is 0 Å². The van der Waals surface area contributed by atoms with Gasteiger partial charge in [-0.05, 0) is 38.1 Å². The Kier molecular flexibility index (Phi) is 6.33. The van der Waals surface area contributed by atoms with Gasteiger partial charge in [0.15, 0.2) is 18.9 Å². The van der Waals surface area contributed by atoms with Gasteiger partial charge >= 0.3 is 11.9 Å². The Bertz CT molecular complexity index is 898. The van der Waals surface area contributed by atoms with Crippen molar-refractivity contribution in [1.82, 2.24) is 0 Å². The van der Waals surface area contributed by atoms with E-state index in [2.05, 4.69) is 0 Å². The number of rotatable bonds is 7. The standard InChI is InChI=1S/C23H24O8/c1-23(2)30-19-18(27-14-28-21(25)16-11-7-4-8-12-16)17(29-22(19)31-23)13-26-20(24)15-9-5-3-6-10-15/h3-12,17-19,22H,13-14H2,1-2H3/t17-,18+,19-,22-/m1/s1. The molecule has 8 nitrogen and oxygen atoms in total. The van der Waals surface area contributed by atoms with Crippen molar-refractivity contribution in [2.45, 2.75) is 44.2 Å². The molecule has 2 aromatic carbocycles. The van der Waals surface area contributed by atoms with Crippen molar-refractivity contribution in [1.29, 1.82) is 0 Å². The minimum absolute atomic E-state index is 0.0643. The minimum atomic E-state index is -0.844. The van der Waals surface area contributed by atoms with Crippen molar-refractivity contribution in [3.05, 3.63) is 71.8 Å². The number of ether oxygens (including phenoxy) is 6. The van der Waals surface area contributed by atoms with Gasteiger partial charge in [0.25, 0.3) is 0 Å². The zero-order valence-electron chi connectivity index (χ0n) is 17.3. The summed E-state index contributed by atoms with van der Waals surface area (Å²) >= 11 is 0. The average Bonchev–Trinajstić information content (AvgIpc) is 3.24. The SMILES string of the molecule is CC1(C)O[C@H]2O[C@H](COC(=O)c3ccccc3)[C@H](OCOC(=O)c3ccccc3)[C@H]2O1. The quantitative estimate of drug-likeness (QED) is 0.491. The predicted octanol–water partition coefficient (Wildman–Crippen LogP) is 2.92. The van der Waals surface area contributed by atoms with Gasteiger partial charge in [0.05, 0.1) is 11.1 Å². The molecule has 0 saturated carbocycles. The van der Waals surface area contributed by atoms with Gasteiger partial charge < -0.3 is 28.4 Å². The van der Waals surface area contributed by atoms with E-state index in [0.717, 1.165) is 0 Å². The summed E-state index contributed by atoms with van der Waals surface area (Å²) in [5.74, 6) is -1.83. The molecule has 31 heavy (non-hydrogen) atoms. The zero-order valence-corrected chi connectivity index (χ0v) is 17.3. The highest BCUT2D eigenvalue weighted by atomic mass is 16.8. The third kappa shape index (κ3) is 5.11. The van der Waals surface area contributed by atoms with Crippen molar-refractivity contribution in [2.24, 2.45) is 0 Å². The fourth-order valence-electron chi connectivity index (χ4n) is 3.52. The first-order chi connectivity index (χ1) is 14.9. The molecule has 2 aromatic rings. The summed E-state index contributed by atoms with van der Waals surface area (Å²) in [6.45, 7) is 3.17. The molecule has 2 heterocycles. The molecule has 164 valence electrons. The van der Waals surface area contributed by atoms with Crippen molar-refractivity contribution >= 4 is 11.9 Å². The lowest BCUT2D eigenvalue weighted by atomic mass is 10.1. The number of carbonyl (C=O) groups is 2. The maximum atomic E-state index is 12.3. The second-order valence-electron chi connectivity index (χ2n) is 7.65. The topological polar surface area (TPSA) is 89.5 Å². The molecule has 2 aliphatic rings.